The van der Waals surface area contributed by atoms with Crippen LogP contribution in [-0.4, -0.2) is 98.1 Å². The van der Waals surface area contributed by atoms with Crippen molar-refractivity contribution in [1.29, 1.82) is 0 Å². The maximum atomic E-state index is 14.4. The number of thiazole rings is 1. The molecule has 4 aliphatic carbocycles. The van der Waals surface area contributed by atoms with E-state index in [9.17, 15) is 19.7 Å². The first-order valence-corrected chi connectivity index (χ1v) is 22.7. The van der Waals surface area contributed by atoms with E-state index in [1.165, 1.54) is 36.4 Å². The highest BCUT2D eigenvalue weighted by atomic mass is 32.1. The van der Waals surface area contributed by atoms with Gasteiger partial charge in [0.05, 0.1) is 22.4 Å². The molecule has 0 spiro atoms. The highest BCUT2D eigenvalue weighted by Crippen LogP contribution is 2.66. The van der Waals surface area contributed by atoms with Gasteiger partial charge in [-0.15, -0.1) is 10.2 Å². The first kappa shape index (κ1) is 43.5. The summed E-state index contributed by atoms with van der Waals surface area (Å²) < 4.78 is 21.8. The fourth-order valence-corrected chi connectivity index (χ4v) is 12.6. The Hall–Kier alpha value is -4.12. The predicted octanol–water partition coefficient (Wildman–Crippen LogP) is 7.59. The topological polar surface area (TPSA) is 178 Å². The third-order valence-electron chi connectivity index (χ3n) is 13.8. The van der Waals surface area contributed by atoms with Crippen LogP contribution < -0.4 is 16.0 Å². The van der Waals surface area contributed by atoms with Crippen LogP contribution in [0.2, 0.25) is 0 Å². The van der Waals surface area contributed by atoms with Crippen LogP contribution >= 0.6 is 11.3 Å². The van der Waals surface area contributed by atoms with Crippen molar-refractivity contribution in [2.45, 2.75) is 104 Å². The number of rotatable bonds is 16. The number of hydrogen-bond acceptors (Lipinski definition) is 14. The number of unbranched alkanes of at least 4 members (excludes halogenated alkanes) is 1. The number of nitrogens with zero attached hydrogens (tertiary/aromatic N) is 7. The summed E-state index contributed by atoms with van der Waals surface area (Å²) in [5, 5.41) is 43.6. The Morgan fingerprint density at radius 1 is 1.10 bits per heavy atom. The number of halogens is 1. The number of likely N-dealkylation sites (N-methyl/N-ethyl adjacent to an activating group) is 1. The van der Waals surface area contributed by atoms with Gasteiger partial charge in [0.25, 0.3) is 0 Å². The van der Waals surface area contributed by atoms with Gasteiger partial charge in [0.1, 0.15) is 17.3 Å². The Balaban J connectivity index is 0.982. The quantitative estimate of drug-likeness (QED) is 0.0425. The van der Waals surface area contributed by atoms with Gasteiger partial charge in [-0.05, 0) is 139 Å². The molecule has 4 saturated carbocycles. The molecule has 9 rings (SSSR count). The van der Waals surface area contributed by atoms with Gasteiger partial charge in [-0.25, -0.2) is 14.4 Å². The van der Waals surface area contributed by atoms with Crippen molar-refractivity contribution in [3.05, 3.63) is 64.7 Å². The molecule has 5 atom stereocenters. The minimum atomic E-state index is -1.86. The molecule has 4 aromatic rings. The van der Waals surface area contributed by atoms with Crippen molar-refractivity contribution in [3.8, 4) is 0 Å². The van der Waals surface area contributed by atoms with Crippen LogP contribution in [0.25, 0.3) is 15.8 Å². The van der Waals surface area contributed by atoms with E-state index in [4.69, 9.17) is 20.4 Å². The zero-order valence-electron chi connectivity index (χ0n) is 36.3. The third-order valence-corrected chi connectivity index (χ3v) is 14.8. The third kappa shape index (κ3) is 9.05. The van der Waals surface area contributed by atoms with Crippen LogP contribution in [0.5, 0.6) is 0 Å². The normalized spacial score (nSPS) is 26.4. The number of anilines is 4. The molecule has 5 aliphatic rings. The fraction of sp³-hybridized carbons (Fsp3) is 0.587. The molecule has 1 aromatic carbocycles. The summed E-state index contributed by atoms with van der Waals surface area (Å²) in [4.78, 5) is 18.8. The van der Waals surface area contributed by atoms with Crippen molar-refractivity contribution in [1.82, 2.24) is 25.1 Å². The van der Waals surface area contributed by atoms with Gasteiger partial charge in [0.15, 0.2) is 23.1 Å². The number of ether oxygens (including phenoxy) is 1. The standard InChI is InChI=1S/C46H62FN9O4S/c1-28-32-10-9-16-56(41(32)54-53-40(28)52-43-50-36-12-8-11-35(47)39(36)61-43)37-14-13-33(38(51-37)42(58)59)34(23-48)29(2)49-24-31-21-45(4)25-44(3)20-30(31)22-46(26-44,27-45)60-19-17-55(5)15-6-7-18-57/h8,11-14,23,30-31,42,57-59H,6-7,9-10,15-22,24-27,48H2,1-5H3,(H,50,52,53)/b34-23+,49-29?. The first-order chi connectivity index (χ1) is 29.2. The molecule has 4 heterocycles. The number of aliphatic imine (C=N–C) groups is 1. The molecule has 1 aliphatic heterocycles. The lowest BCUT2D eigenvalue weighted by atomic mass is 9.53. The zero-order chi connectivity index (χ0) is 43.1. The van der Waals surface area contributed by atoms with Gasteiger partial charge in [-0.1, -0.05) is 31.3 Å². The second-order valence-electron chi connectivity index (χ2n) is 19.0. The maximum absolute atomic E-state index is 14.4. The lowest BCUT2D eigenvalue weighted by Crippen LogP contribution is -2.52. The Bertz CT molecular complexity index is 2300. The van der Waals surface area contributed by atoms with Gasteiger partial charge < -0.3 is 40.9 Å². The lowest BCUT2D eigenvalue weighted by molar-refractivity contribution is -0.165. The number of fused-ring (bicyclic) bond motifs is 3. The van der Waals surface area contributed by atoms with Crippen molar-refractivity contribution in [3.63, 3.8) is 0 Å². The molecule has 328 valence electrons. The molecule has 15 heteroatoms. The number of nitrogens with two attached hydrogens (primary N) is 1. The summed E-state index contributed by atoms with van der Waals surface area (Å²) in [7, 11) is 2.14. The number of nitrogens with one attached hydrogen (secondary N) is 1. The Morgan fingerprint density at radius 2 is 1.90 bits per heavy atom. The lowest BCUT2D eigenvalue weighted by Gasteiger charge is -2.56. The molecule has 3 aromatic heterocycles. The Labute approximate surface area is 362 Å². The van der Waals surface area contributed by atoms with Crippen molar-refractivity contribution in [2.75, 3.05) is 56.7 Å². The number of aliphatic hydroxyl groups is 3. The van der Waals surface area contributed by atoms with Crippen LogP contribution in [0.1, 0.15) is 107 Å². The average molecular weight is 856 g/mol. The zero-order valence-corrected chi connectivity index (χ0v) is 37.1. The Kier molecular flexibility index (Phi) is 12.5. The molecule has 6 N–H and O–H groups in total. The SMILES string of the molecule is CC(=NCC1CC2(C)CC3(C)CC1CC(OCCN(C)CCCCO)(C2)C3)/C(=C\N)c1ccc(N2CCCc3c2nnc(Nc2nc4cccc(F)c4s2)c3C)nc1C(O)O. The summed E-state index contributed by atoms with van der Waals surface area (Å²) in [6.07, 6.45) is 9.82. The first-order valence-electron chi connectivity index (χ1n) is 21.9. The summed E-state index contributed by atoms with van der Waals surface area (Å²) in [6.45, 7) is 13.0. The maximum Gasteiger partial charge on any atom is 0.196 e. The van der Waals surface area contributed by atoms with Crippen LogP contribution in [0.15, 0.2) is 41.5 Å². The van der Waals surface area contributed by atoms with Gasteiger partial charge >= 0.3 is 0 Å². The number of aromatic nitrogens is 4. The molecule has 4 fully saturated rings. The predicted molar refractivity (Wildman–Crippen MR) is 240 cm³/mol. The Morgan fingerprint density at radius 3 is 2.66 bits per heavy atom. The highest BCUT2D eigenvalue weighted by Gasteiger charge is 2.60. The van der Waals surface area contributed by atoms with E-state index in [0.717, 1.165) is 87.9 Å². The fourth-order valence-electron chi connectivity index (χ4n) is 11.7. The largest absolute Gasteiger partial charge is 0.404 e. The van der Waals surface area contributed by atoms with Gasteiger partial charge in [-0.2, -0.15) is 0 Å². The molecule has 0 radical (unpaired) electrons. The molecule has 61 heavy (non-hydrogen) atoms. The number of hydrogen-bond donors (Lipinski definition) is 5. The van der Waals surface area contributed by atoms with Gasteiger partial charge in [-0.3, -0.25) is 4.99 Å². The number of pyridine rings is 1. The summed E-state index contributed by atoms with van der Waals surface area (Å²) in [6, 6.07) is 8.55. The van der Waals surface area contributed by atoms with Crippen molar-refractivity contribution < 1.29 is 24.4 Å². The molecule has 0 saturated heterocycles. The second-order valence-corrected chi connectivity index (χ2v) is 20.0. The monoisotopic (exact) mass is 855 g/mol. The van der Waals surface area contributed by atoms with E-state index in [1.54, 1.807) is 12.1 Å². The van der Waals surface area contributed by atoms with Crippen molar-refractivity contribution in [2.24, 2.45) is 33.4 Å². The van der Waals surface area contributed by atoms with Crippen LogP contribution in [0, 0.1) is 35.4 Å². The molecular formula is C46H62FN9O4S. The van der Waals surface area contributed by atoms with E-state index in [0.29, 0.717) is 68.9 Å². The minimum Gasteiger partial charge on any atom is -0.404 e. The molecular weight excluding hydrogens is 794 g/mol. The van der Waals surface area contributed by atoms with E-state index in [2.05, 4.69) is 46.3 Å². The van der Waals surface area contributed by atoms with Crippen LogP contribution in [0.4, 0.5) is 27.0 Å². The van der Waals surface area contributed by atoms with Crippen LogP contribution in [0.3, 0.4) is 0 Å². The molecule has 4 bridgehead atoms. The van der Waals surface area contributed by atoms with E-state index < -0.39 is 6.29 Å². The van der Waals surface area contributed by atoms with Crippen molar-refractivity contribution >= 4 is 55.4 Å². The number of aliphatic hydroxyl groups excluding tert-OH is 2. The smallest absolute Gasteiger partial charge is 0.196 e. The number of benzene rings is 1. The molecule has 0 amide bonds. The minimum absolute atomic E-state index is 0.0888. The second kappa shape index (κ2) is 17.6. The van der Waals surface area contributed by atoms with Gasteiger partial charge in [0.2, 0.25) is 0 Å². The van der Waals surface area contributed by atoms with Gasteiger partial charge in [0, 0.05) is 60.4 Å². The molecule has 5 unspecified atom stereocenters. The van der Waals surface area contributed by atoms with E-state index in [1.807, 2.05) is 30.9 Å². The highest BCUT2D eigenvalue weighted by molar-refractivity contribution is 7.22. The summed E-state index contributed by atoms with van der Waals surface area (Å²) in [5.41, 5.74) is 11.1. The average Bonchev–Trinajstić information content (AvgIpc) is 3.57. The summed E-state index contributed by atoms with van der Waals surface area (Å²) in [5.74, 6) is 2.32. The van der Waals surface area contributed by atoms with Crippen LogP contribution in [-0.2, 0) is 11.2 Å². The van der Waals surface area contributed by atoms with E-state index >= 15 is 0 Å². The molecule has 13 nitrogen and oxygen atoms in total. The number of allylic oxidation sites excluding steroid dienone is 1. The van der Waals surface area contributed by atoms with E-state index in [-0.39, 0.29) is 34.5 Å². The summed E-state index contributed by atoms with van der Waals surface area (Å²) >= 11 is 1.23.